The molecule has 0 fully saturated rings. The lowest BCUT2D eigenvalue weighted by Crippen LogP contribution is -2.08. The SMILES string of the molecule is Nc1nc(C(F)(F)F)nn1-c1cncc(-c2ccccc2)c1. The van der Waals surface area contributed by atoms with Crippen molar-refractivity contribution in [3.8, 4) is 16.8 Å². The van der Waals surface area contributed by atoms with Gasteiger partial charge in [-0.2, -0.15) is 22.8 Å². The van der Waals surface area contributed by atoms with Gasteiger partial charge in [0.15, 0.2) is 0 Å². The molecule has 0 unspecified atom stereocenters. The Labute approximate surface area is 123 Å². The molecule has 3 aromatic rings. The number of nitrogen functional groups attached to an aromatic ring is 1. The van der Waals surface area contributed by atoms with E-state index >= 15 is 0 Å². The molecule has 0 amide bonds. The van der Waals surface area contributed by atoms with Gasteiger partial charge in [-0.25, -0.2) is 0 Å². The predicted molar refractivity (Wildman–Crippen MR) is 74.0 cm³/mol. The van der Waals surface area contributed by atoms with Crippen LogP contribution in [0.3, 0.4) is 0 Å². The van der Waals surface area contributed by atoms with Crippen LogP contribution in [-0.4, -0.2) is 19.7 Å². The molecule has 5 nitrogen and oxygen atoms in total. The zero-order valence-electron chi connectivity index (χ0n) is 11.1. The van der Waals surface area contributed by atoms with E-state index in [-0.39, 0.29) is 5.95 Å². The number of nitrogens with zero attached hydrogens (tertiary/aromatic N) is 4. The lowest BCUT2D eigenvalue weighted by Gasteiger charge is -2.05. The Morgan fingerprint density at radius 1 is 1.00 bits per heavy atom. The summed E-state index contributed by atoms with van der Waals surface area (Å²) in [7, 11) is 0. The van der Waals surface area contributed by atoms with Gasteiger partial charge >= 0.3 is 6.18 Å². The number of hydrogen-bond acceptors (Lipinski definition) is 4. The molecule has 2 N–H and O–H groups in total. The summed E-state index contributed by atoms with van der Waals surface area (Å²) in [4.78, 5) is 7.26. The van der Waals surface area contributed by atoms with E-state index in [1.807, 2.05) is 30.3 Å². The van der Waals surface area contributed by atoms with Gasteiger partial charge in [0, 0.05) is 11.8 Å². The topological polar surface area (TPSA) is 69.6 Å². The van der Waals surface area contributed by atoms with Crippen LogP contribution in [0.15, 0.2) is 48.8 Å². The van der Waals surface area contributed by atoms with Crippen LogP contribution < -0.4 is 5.73 Å². The highest BCUT2D eigenvalue weighted by atomic mass is 19.4. The Hall–Kier alpha value is -2.90. The summed E-state index contributed by atoms with van der Waals surface area (Å²) < 4.78 is 38.8. The standard InChI is InChI=1S/C14H10F3N5/c15-14(16,17)12-20-13(18)22(21-12)11-6-10(7-19-8-11)9-4-2-1-3-5-9/h1-8H,(H2,18,20,21). The maximum atomic E-state index is 12.6. The minimum atomic E-state index is -4.65. The Morgan fingerprint density at radius 2 is 1.73 bits per heavy atom. The number of anilines is 1. The summed E-state index contributed by atoms with van der Waals surface area (Å²) in [5, 5.41) is 3.40. The Morgan fingerprint density at radius 3 is 2.36 bits per heavy atom. The lowest BCUT2D eigenvalue weighted by atomic mass is 10.1. The van der Waals surface area contributed by atoms with Crippen LogP contribution in [-0.2, 0) is 6.18 Å². The number of rotatable bonds is 2. The average molecular weight is 305 g/mol. The zero-order chi connectivity index (χ0) is 15.7. The lowest BCUT2D eigenvalue weighted by molar-refractivity contribution is -0.144. The van der Waals surface area contributed by atoms with Gasteiger partial charge < -0.3 is 5.73 Å². The van der Waals surface area contributed by atoms with Crippen molar-refractivity contribution in [3.05, 3.63) is 54.6 Å². The van der Waals surface area contributed by atoms with Crippen LogP contribution in [0.2, 0.25) is 0 Å². The van der Waals surface area contributed by atoms with Gasteiger partial charge in [-0.3, -0.25) is 4.98 Å². The van der Waals surface area contributed by atoms with E-state index in [0.29, 0.717) is 5.69 Å². The first kappa shape index (κ1) is 14.1. The molecule has 22 heavy (non-hydrogen) atoms. The molecule has 112 valence electrons. The number of nitrogens with two attached hydrogens (primary N) is 1. The van der Waals surface area contributed by atoms with Crippen LogP contribution in [0, 0.1) is 0 Å². The van der Waals surface area contributed by atoms with E-state index in [0.717, 1.165) is 15.8 Å². The average Bonchev–Trinajstić information content (AvgIpc) is 2.90. The third-order valence-corrected chi connectivity index (χ3v) is 2.96. The third kappa shape index (κ3) is 2.62. The van der Waals surface area contributed by atoms with Crippen molar-refractivity contribution in [1.29, 1.82) is 0 Å². The first-order chi connectivity index (χ1) is 10.4. The molecule has 0 saturated heterocycles. The van der Waals surface area contributed by atoms with E-state index in [4.69, 9.17) is 5.73 Å². The van der Waals surface area contributed by atoms with Gasteiger partial charge in [0.2, 0.25) is 5.95 Å². The molecule has 0 radical (unpaired) electrons. The van der Waals surface area contributed by atoms with Crippen LogP contribution >= 0.6 is 0 Å². The Balaban J connectivity index is 2.05. The number of benzene rings is 1. The highest BCUT2D eigenvalue weighted by molar-refractivity contribution is 5.64. The largest absolute Gasteiger partial charge is 0.453 e. The van der Waals surface area contributed by atoms with Crippen molar-refractivity contribution >= 4 is 5.95 Å². The molecule has 0 aliphatic heterocycles. The fraction of sp³-hybridized carbons (Fsp3) is 0.0714. The van der Waals surface area contributed by atoms with Crippen molar-refractivity contribution in [2.75, 3.05) is 5.73 Å². The van der Waals surface area contributed by atoms with Crippen molar-refractivity contribution < 1.29 is 13.2 Å². The van der Waals surface area contributed by atoms with Crippen LogP contribution in [0.5, 0.6) is 0 Å². The minimum Gasteiger partial charge on any atom is -0.368 e. The summed E-state index contributed by atoms with van der Waals surface area (Å²) in [6.45, 7) is 0. The second-order valence-corrected chi connectivity index (χ2v) is 4.50. The smallest absolute Gasteiger partial charge is 0.368 e. The molecule has 8 heteroatoms. The second-order valence-electron chi connectivity index (χ2n) is 4.50. The van der Waals surface area contributed by atoms with Crippen LogP contribution in [0.25, 0.3) is 16.8 Å². The molecule has 2 heterocycles. The fourth-order valence-electron chi connectivity index (χ4n) is 1.97. The molecule has 0 aliphatic carbocycles. The van der Waals surface area contributed by atoms with Gasteiger partial charge in [0.1, 0.15) is 0 Å². The molecule has 1 aromatic carbocycles. The molecule has 0 spiro atoms. The van der Waals surface area contributed by atoms with E-state index in [1.54, 1.807) is 12.3 Å². The maximum absolute atomic E-state index is 12.6. The van der Waals surface area contributed by atoms with E-state index < -0.39 is 12.0 Å². The molecule has 0 saturated carbocycles. The monoisotopic (exact) mass is 305 g/mol. The van der Waals surface area contributed by atoms with E-state index in [2.05, 4.69) is 15.1 Å². The third-order valence-electron chi connectivity index (χ3n) is 2.96. The van der Waals surface area contributed by atoms with Gasteiger partial charge in [-0.15, -0.1) is 5.10 Å². The highest BCUT2D eigenvalue weighted by Gasteiger charge is 2.37. The molecular formula is C14H10F3N5. The Bertz CT molecular complexity index is 796. The van der Waals surface area contributed by atoms with Crippen molar-refractivity contribution in [1.82, 2.24) is 19.7 Å². The molecule has 2 aromatic heterocycles. The maximum Gasteiger partial charge on any atom is 0.453 e. The Kier molecular flexibility index (Phi) is 3.28. The van der Waals surface area contributed by atoms with Crippen molar-refractivity contribution in [2.24, 2.45) is 0 Å². The van der Waals surface area contributed by atoms with Gasteiger partial charge in [0.05, 0.1) is 11.9 Å². The number of pyridine rings is 1. The molecule has 0 atom stereocenters. The van der Waals surface area contributed by atoms with E-state index in [9.17, 15) is 13.2 Å². The zero-order valence-corrected chi connectivity index (χ0v) is 11.1. The summed E-state index contributed by atoms with van der Waals surface area (Å²) in [6, 6.07) is 11.0. The summed E-state index contributed by atoms with van der Waals surface area (Å²) in [5.41, 5.74) is 7.45. The highest BCUT2D eigenvalue weighted by Crippen LogP contribution is 2.28. The summed E-state index contributed by atoms with van der Waals surface area (Å²) >= 11 is 0. The first-order valence-corrected chi connectivity index (χ1v) is 6.26. The van der Waals surface area contributed by atoms with Crippen molar-refractivity contribution in [3.63, 3.8) is 0 Å². The number of alkyl halides is 3. The van der Waals surface area contributed by atoms with Gasteiger partial charge in [0.25, 0.3) is 5.82 Å². The molecule has 0 aliphatic rings. The van der Waals surface area contributed by atoms with Gasteiger partial charge in [-0.05, 0) is 11.6 Å². The number of hydrogen-bond donors (Lipinski definition) is 1. The summed E-state index contributed by atoms with van der Waals surface area (Å²) in [6.07, 6.45) is -1.67. The quantitative estimate of drug-likeness (QED) is 0.790. The number of halogens is 3. The second kappa shape index (κ2) is 5.14. The molecular weight excluding hydrogens is 295 g/mol. The normalized spacial score (nSPS) is 11.6. The summed E-state index contributed by atoms with van der Waals surface area (Å²) in [5.74, 6) is -1.63. The predicted octanol–water partition coefficient (Wildman–Crippen LogP) is 2.93. The van der Waals surface area contributed by atoms with E-state index in [1.165, 1.54) is 6.20 Å². The first-order valence-electron chi connectivity index (χ1n) is 6.26. The van der Waals surface area contributed by atoms with Crippen LogP contribution in [0.1, 0.15) is 5.82 Å². The van der Waals surface area contributed by atoms with Crippen LogP contribution in [0.4, 0.5) is 19.1 Å². The molecule has 0 bridgehead atoms. The fourth-order valence-corrected chi connectivity index (χ4v) is 1.97. The minimum absolute atomic E-state index is 0.307. The van der Waals surface area contributed by atoms with Gasteiger partial charge in [-0.1, -0.05) is 30.3 Å². The van der Waals surface area contributed by atoms with Crippen molar-refractivity contribution in [2.45, 2.75) is 6.18 Å². The number of aromatic nitrogens is 4. The molecule has 3 rings (SSSR count).